The van der Waals surface area contributed by atoms with Crippen LogP contribution in [-0.2, 0) is 10.0 Å². The fraction of sp³-hybridized carbons (Fsp3) is 0.167. The smallest absolute Gasteiger partial charge is 0.319 e. The minimum absolute atomic E-state index is 0.0549. The molecule has 0 bridgehead atoms. The normalized spacial score (nSPS) is 10.8. The third kappa shape index (κ3) is 6.72. The first-order valence-corrected chi connectivity index (χ1v) is 12.1. The molecular weight excluding hydrogens is 456 g/mol. The Morgan fingerprint density at radius 1 is 0.824 bits per heavy atom. The van der Waals surface area contributed by atoms with Gasteiger partial charge in [0.25, 0.3) is 15.9 Å². The molecule has 0 unspecified atom stereocenters. The molecule has 0 heterocycles. The van der Waals surface area contributed by atoms with Gasteiger partial charge in [0.05, 0.1) is 11.5 Å². The van der Waals surface area contributed by atoms with Gasteiger partial charge < -0.3 is 20.7 Å². The number of anilines is 3. The zero-order valence-corrected chi connectivity index (χ0v) is 19.6. The molecule has 3 aromatic rings. The maximum atomic E-state index is 12.8. The van der Waals surface area contributed by atoms with E-state index >= 15 is 0 Å². The highest BCUT2D eigenvalue weighted by Crippen LogP contribution is 2.21. The summed E-state index contributed by atoms with van der Waals surface area (Å²) in [4.78, 5) is 24.4. The predicted octanol–water partition coefficient (Wildman–Crippen LogP) is 4.28. The molecule has 0 atom stereocenters. The maximum absolute atomic E-state index is 12.8. The number of ether oxygens (including phenoxy) is 1. The van der Waals surface area contributed by atoms with Crippen molar-refractivity contribution in [3.63, 3.8) is 0 Å². The van der Waals surface area contributed by atoms with E-state index in [1.54, 1.807) is 55.5 Å². The molecule has 0 aromatic heterocycles. The van der Waals surface area contributed by atoms with Crippen molar-refractivity contribution < 1.29 is 22.7 Å². The van der Waals surface area contributed by atoms with Gasteiger partial charge in [0.1, 0.15) is 5.75 Å². The average molecular weight is 483 g/mol. The predicted molar refractivity (Wildman–Crippen MR) is 132 cm³/mol. The molecule has 3 amide bonds. The number of carbonyl (C=O) groups is 2. The Bertz CT molecular complexity index is 1260. The van der Waals surface area contributed by atoms with E-state index in [2.05, 4.69) is 20.7 Å². The Hall–Kier alpha value is -4.05. The zero-order valence-electron chi connectivity index (χ0n) is 18.8. The second-order valence-corrected chi connectivity index (χ2v) is 8.79. The minimum atomic E-state index is -3.92. The monoisotopic (exact) mass is 482 g/mol. The van der Waals surface area contributed by atoms with Gasteiger partial charge in [-0.05, 0) is 74.5 Å². The largest absolute Gasteiger partial charge is 0.494 e. The van der Waals surface area contributed by atoms with Gasteiger partial charge in [-0.15, -0.1) is 0 Å². The van der Waals surface area contributed by atoms with Gasteiger partial charge in [-0.2, -0.15) is 0 Å². The molecule has 0 saturated heterocycles. The third-order valence-electron chi connectivity index (χ3n) is 4.54. The number of sulfonamides is 1. The molecule has 0 radical (unpaired) electrons. The van der Waals surface area contributed by atoms with Crippen LogP contribution in [0.2, 0.25) is 0 Å². The molecule has 0 aliphatic rings. The van der Waals surface area contributed by atoms with E-state index in [4.69, 9.17) is 4.74 Å². The van der Waals surface area contributed by atoms with Crippen LogP contribution >= 0.6 is 0 Å². The molecule has 0 spiro atoms. The lowest BCUT2D eigenvalue weighted by atomic mass is 10.2. The summed E-state index contributed by atoms with van der Waals surface area (Å²) in [5.74, 6) is 0.141. The van der Waals surface area contributed by atoms with Crippen LogP contribution in [-0.4, -0.2) is 33.5 Å². The highest BCUT2D eigenvalue weighted by Gasteiger charge is 2.17. The van der Waals surface area contributed by atoms with E-state index in [9.17, 15) is 18.0 Å². The molecule has 4 N–H and O–H groups in total. The van der Waals surface area contributed by atoms with Crippen molar-refractivity contribution in [3.05, 3.63) is 78.4 Å². The van der Waals surface area contributed by atoms with Crippen molar-refractivity contribution >= 4 is 39.0 Å². The Morgan fingerprint density at radius 3 is 2.18 bits per heavy atom. The van der Waals surface area contributed by atoms with Crippen LogP contribution in [0.3, 0.4) is 0 Å². The Labute approximate surface area is 198 Å². The first kappa shape index (κ1) is 24.6. The highest BCUT2D eigenvalue weighted by molar-refractivity contribution is 7.92. The molecule has 0 saturated carbocycles. The number of benzene rings is 3. The van der Waals surface area contributed by atoms with Gasteiger partial charge in [0, 0.05) is 29.2 Å². The van der Waals surface area contributed by atoms with Gasteiger partial charge in [-0.1, -0.05) is 12.1 Å². The first-order chi connectivity index (χ1) is 16.3. The lowest BCUT2D eigenvalue weighted by molar-refractivity contribution is 0.102. The molecule has 3 rings (SSSR count). The van der Waals surface area contributed by atoms with Gasteiger partial charge in [0.15, 0.2) is 0 Å². The number of urea groups is 1. The SMILES string of the molecule is CCNC(=O)Nc1cccc(NC(=O)c2cccc(S(=O)(=O)Nc3ccc(OCC)cc3)c2)c1. The van der Waals surface area contributed by atoms with Crippen molar-refractivity contribution in [2.75, 3.05) is 28.5 Å². The Balaban J connectivity index is 1.72. The topological polar surface area (TPSA) is 126 Å². The number of rotatable bonds is 9. The summed E-state index contributed by atoms with van der Waals surface area (Å²) >= 11 is 0. The zero-order chi connectivity index (χ0) is 24.6. The van der Waals surface area contributed by atoms with E-state index in [1.807, 2.05) is 6.92 Å². The van der Waals surface area contributed by atoms with Crippen LogP contribution in [0.5, 0.6) is 5.75 Å². The minimum Gasteiger partial charge on any atom is -0.494 e. The van der Waals surface area contributed by atoms with E-state index in [-0.39, 0.29) is 16.5 Å². The third-order valence-corrected chi connectivity index (χ3v) is 5.92. The first-order valence-electron chi connectivity index (χ1n) is 10.6. The van der Waals surface area contributed by atoms with Crippen molar-refractivity contribution in [1.82, 2.24) is 5.32 Å². The summed E-state index contributed by atoms with van der Waals surface area (Å²) in [6, 6.07) is 18.5. The number of hydrogen-bond donors (Lipinski definition) is 4. The second kappa shape index (κ2) is 11.2. The summed E-state index contributed by atoms with van der Waals surface area (Å²) in [5.41, 5.74) is 1.48. The summed E-state index contributed by atoms with van der Waals surface area (Å²) in [6.07, 6.45) is 0. The summed E-state index contributed by atoms with van der Waals surface area (Å²) in [6.45, 7) is 4.65. The van der Waals surface area contributed by atoms with Gasteiger partial charge in [-0.25, -0.2) is 13.2 Å². The lowest BCUT2D eigenvalue weighted by Crippen LogP contribution is -2.28. The molecule has 10 heteroatoms. The van der Waals surface area contributed by atoms with E-state index < -0.39 is 15.9 Å². The molecule has 34 heavy (non-hydrogen) atoms. The van der Waals surface area contributed by atoms with Gasteiger partial charge in [0.2, 0.25) is 0 Å². The standard InChI is InChI=1S/C24H26N4O5S/c1-3-25-24(30)27-20-9-6-8-19(16-20)26-23(29)17-7-5-10-22(15-17)34(31,32)28-18-11-13-21(14-12-18)33-4-2/h5-16,28H,3-4H2,1-2H3,(H,26,29)(H2,25,27,30). The van der Waals surface area contributed by atoms with Crippen molar-refractivity contribution in [2.24, 2.45) is 0 Å². The van der Waals surface area contributed by atoms with Crippen LogP contribution in [0.25, 0.3) is 0 Å². The van der Waals surface area contributed by atoms with Crippen LogP contribution in [0, 0.1) is 0 Å². The highest BCUT2D eigenvalue weighted by atomic mass is 32.2. The summed E-state index contributed by atoms with van der Waals surface area (Å²) < 4.78 is 33.5. The molecule has 3 aromatic carbocycles. The number of nitrogens with one attached hydrogen (secondary N) is 4. The van der Waals surface area contributed by atoms with E-state index in [0.29, 0.717) is 36.0 Å². The summed E-state index contributed by atoms with van der Waals surface area (Å²) in [7, 11) is -3.92. The molecule has 178 valence electrons. The molecular formula is C24H26N4O5S. The second-order valence-electron chi connectivity index (χ2n) is 7.11. The molecule has 0 aliphatic carbocycles. The average Bonchev–Trinajstić information content (AvgIpc) is 2.81. The van der Waals surface area contributed by atoms with Crippen molar-refractivity contribution in [1.29, 1.82) is 0 Å². The van der Waals surface area contributed by atoms with Gasteiger partial charge >= 0.3 is 6.03 Å². The van der Waals surface area contributed by atoms with Crippen molar-refractivity contribution in [2.45, 2.75) is 18.7 Å². The summed E-state index contributed by atoms with van der Waals surface area (Å²) in [5, 5.41) is 7.99. The molecule has 0 fully saturated rings. The quantitative estimate of drug-likeness (QED) is 0.362. The fourth-order valence-electron chi connectivity index (χ4n) is 3.02. The molecule has 9 nitrogen and oxygen atoms in total. The van der Waals surface area contributed by atoms with Crippen LogP contribution in [0.1, 0.15) is 24.2 Å². The van der Waals surface area contributed by atoms with E-state index in [1.165, 1.54) is 24.3 Å². The maximum Gasteiger partial charge on any atom is 0.319 e. The van der Waals surface area contributed by atoms with Gasteiger partial charge in [-0.3, -0.25) is 9.52 Å². The van der Waals surface area contributed by atoms with Crippen molar-refractivity contribution in [3.8, 4) is 5.75 Å². The van der Waals surface area contributed by atoms with Crippen LogP contribution < -0.4 is 25.4 Å². The molecule has 0 aliphatic heterocycles. The number of amides is 3. The Kier molecular flexibility index (Phi) is 8.10. The van der Waals surface area contributed by atoms with E-state index in [0.717, 1.165) is 0 Å². The van der Waals surface area contributed by atoms with Crippen LogP contribution in [0.15, 0.2) is 77.7 Å². The van der Waals surface area contributed by atoms with Crippen LogP contribution in [0.4, 0.5) is 21.9 Å². The number of carbonyl (C=O) groups excluding carboxylic acids is 2. The Morgan fingerprint density at radius 2 is 1.50 bits per heavy atom. The fourth-order valence-corrected chi connectivity index (χ4v) is 4.12. The lowest BCUT2D eigenvalue weighted by Gasteiger charge is -2.11. The number of hydrogen-bond acceptors (Lipinski definition) is 5.